The number of hydrogen-bond acceptors (Lipinski definition) is 0. The van der Waals surface area contributed by atoms with Gasteiger partial charge in [0, 0.05) is 21.9 Å². The molecule has 0 saturated heterocycles. The number of rotatable bonds is 2. The summed E-state index contributed by atoms with van der Waals surface area (Å²) in [6.07, 6.45) is 1.89. The van der Waals surface area contributed by atoms with E-state index in [1.807, 2.05) is 6.08 Å². The average molecular weight is 420 g/mol. The summed E-state index contributed by atoms with van der Waals surface area (Å²) >= 11 is 0. The van der Waals surface area contributed by atoms with Gasteiger partial charge in [0.1, 0.15) is 0 Å². The van der Waals surface area contributed by atoms with Gasteiger partial charge in [-0.25, -0.2) is 0 Å². The second-order valence-electron chi connectivity index (χ2n) is 8.66. The molecule has 5 aromatic carbocycles. The second kappa shape index (κ2) is 6.82. The Morgan fingerprint density at radius 3 is 2.03 bits per heavy atom. The molecule has 0 fully saturated rings. The largest absolute Gasteiger partial charge is 0.308 e. The quantitative estimate of drug-likeness (QED) is 0.264. The van der Waals surface area contributed by atoms with Crippen molar-refractivity contribution in [2.75, 3.05) is 0 Å². The van der Waals surface area contributed by atoms with Crippen LogP contribution in [0.15, 0.2) is 116 Å². The van der Waals surface area contributed by atoms with Crippen molar-refractivity contribution >= 4 is 27.9 Å². The van der Waals surface area contributed by atoms with E-state index >= 15 is 0 Å². The third-order valence-corrected chi connectivity index (χ3v) is 6.92. The Morgan fingerprint density at radius 2 is 1.21 bits per heavy atom. The van der Waals surface area contributed by atoms with Gasteiger partial charge in [-0.1, -0.05) is 104 Å². The first-order chi connectivity index (χ1) is 16.3. The van der Waals surface area contributed by atoms with E-state index in [4.69, 9.17) is 0 Å². The number of aromatic nitrogens is 1. The summed E-state index contributed by atoms with van der Waals surface area (Å²) in [5.41, 5.74) is 12.4. The highest BCUT2D eigenvalue weighted by atomic mass is 15.0. The van der Waals surface area contributed by atoms with E-state index in [9.17, 15) is 0 Å². The Hall–Kier alpha value is -4.36. The summed E-state index contributed by atoms with van der Waals surface area (Å²) in [6, 6.07) is 39.7. The van der Waals surface area contributed by atoms with Gasteiger partial charge in [-0.05, 0) is 46.0 Å². The van der Waals surface area contributed by atoms with E-state index in [0.29, 0.717) is 0 Å². The lowest BCUT2D eigenvalue weighted by Crippen LogP contribution is -1.96. The van der Waals surface area contributed by atoms with Crippen LogP contribution in [0.3, 0.4) is 0 Å². The molecule has 1 nitrogen and oxygen atoms in total. The van der Waals surface area contributed by atoms with Crippen LogP contribution in [0, 0.1) is 0 Å². The maximum atomic E-state index is 3.88. The first-order valence-corrected chi connectivity index (χ1v) is 11.3. The summed E-state index contributed by atoms with van der Waals surface area (Å²) in [5.74, 6) is 0. The fourth-order valence-corrected chi connectivity index (χ4v) is 5.38. The van der Waals surface area contributed by atoms with Gasteiger partial charge >= 0.3 is 0 Å². The van der Waals surface area contributed by atoms with Crippen molar-refractivity contribution in [3.63, 3.8) is 0 Å². The lowest BCUT2D eigenvalue weighted by molar-refractivity contribution is 1.19. The third kappa shape index (κ3) is 2.54. The molecule has 7 rings (SSSR count). The lowest BCUT2D eigenvalue weighted by atomic mass is 9.91. The van der Waals surface area contributed by atoms with Crippen molar-refractivity contribution in [2.45, 2.75) is 0 Å². The molecule has 33 heavy (non-hydrogen) atoms. The Balaban J connectivity index is 1.61. The predicted octanol–water partition coefficient (Wildman–Crippen LogP) is 8.74. The van der Waals surface area contributed by atoms with Crippen molar-refractivity contribution in [3.8, 4) is 39.1 Å². The first-order valence-electron chi connectivity index (χ1n) is 11.3. The zero-order valence-corrected chi connectivity index (χ0v) is 18.1. The smallest absolute Gasteiger partial charge is 0.0619 e. The Kier molecular flexibility index (Phi) is 3.77. The highest BCUT2D eigenvalue weighted by molar-refractivity contribution is 6.16. The number of fused-ring (bicyclic) bond motifs is 8. The molecule has 0 aliphatic carbocycles. The Morgan fingerprint density at radius 1 is 0.545 bits per heavy atom. The topological polar surface area (TPSA) is 4.93 Å². The van der Waals surface area contributed by atoms with Crippen molar-refractivity contribution in [1.82, 2.24) is 4.57 Å². The van der Waals surface area contributed by atoms with Crippen molar-refractivity contribution in [2.24, 2.45) is 0 Å². The SMILES string of the molecule is C=Cc1ccc(-c2ccc3c(c2)-c2ccccc2-c2cccc4c5ccccc5n-3c24)cc1. The summed E-state index contributed by atoms with van der Waals surface area (Å²) in [5, 5.41) is 2.60. The number of para-hydroxylation sites is 2. The minimum atomic E-state index is 1.13. The molecule has 0 N–H and O–H groups in total. The lowest BCUT2D eigenvalue weighted by Gasteiger charge is -2.15. The molecule has 0 saturated carbocycles. The molecule has 1 aliphatic heterocycles. The molecular weight excluding hydrogens is 398 g/mol. The minimum Gasteiger partial charge on any atom is -0.308 e. The molecular formula is C32H21N. The van der Waals surface area contributed by atoms with Crippen LogP contribution in [0.25, 0.3) is 66.9 Å². The molecule has 1 aliphatic rings. The fraction of sp³-hybridized carbons (Fsp3) is 0. The number of nitrogens with zero attached hydrogens (tertiary/aromatic N) is 1. The van der Waals surface area contributed by atoms with Gasteiger partial charge in [0.15, 0.2) is 0 Å². The van der Waals surface area contributed by atoms with Crippen LogP contribution in [0.4, 0.5) is 0 Å². The molecule has 0 amide bonds. The van der Waals surface area contributed by atoms with E-state index < -0.39 is 0 Å². The van der Waals surface area contributed by atoms with Gasteiger partial charge in [-0.2, -0.15) is 0 Å². The van der Waals surface area contributed by atoms with Crippen molar-refractivity contribution in [1.29, 1.82) is 0 Å². The van der Waals surface area contributed by atoms with Crippen LogP contribution in [-0.2, 0) is 0 Å². The molecule has 154 valence electrons. The highest BCUT2D eigenvalue weighted by Gasteiger charge is 2.24. The van der Waals surface area contributed by atoms with E-state index in [2.05, 4.69) is 120 Å². The molecule has 2 heterocycles. The van der Waals surface area contributed by atoms with Crippen molar-refractivity contribution < 1.29 is 0 Å². The van der Waals surface area contributed by atoms with E-state index in [-0.39, 0.29) is 0 Å². The summed E-state index contributed by atoms with van der Waals surface area (Å²) < 4.78 is 2.46. The summed E-state index contributed by atoms with van der Waals surface area (Å²) in [7, 11) is 0. The fourth-order valence-electron chi connectivity index (χ4n) is 5.38. The maximum Gasteiger partial charge on any atom is 0.0619 e. The van der Waals surface area contributed by atoms with E-state index in [1.165, 1.54) is 60.9 Å². The normalized spacial score (nSPS) is 11.8. The standard InChI is InChI=1S/C32H21N/c1-2-21-14-16-22(17-15-21)23-18-19-31-29(20-23)25-9-4-3-8-24(25)27-11-7-12-28-26-10-5-6-13-30(26)33(31)32(27)28/h2-20H,1H2. The van der Waals surface area contributed by atoms with Crippen LogP contribution >= 0.6 is 0 Å². The molecule has 0 unspecified atom stereocenters. The monoisotopic (exact) mass is 419 g/mol. The number of hydrogen-bond donors (Lipinski definition) is 0. The second-order valence-corrected chi connectivity index (χ2v) is 8.66. The van der Waals surface area contributed by atoms with Crippen LogP contribution in [0.5, 0.6) is 0 Å². The van der Waals surface area contributed by atoms with Crippen molar-refractivity contribution in [3.05, 3.63) is 121 Å². The number of benzene rings is 5. The predicted molar refractivity (Wildman–Crippen MR) is 141 cm³/mol. The van der Waals surface area contributed by atoms with Gasteiger partial charge in [0.05, 0.1) is 16.7 Å². The molecule has 0 radical (unpaired) electrons. The molecule has 1 aromatic heterocycles. The van der Waals surface area contributed by atoms with Gasteiger partial charge in [0.25, 0.3) is 0 Å². The average Bonchev–Trinajstić information content (AvgIpc) is 3.16. The minimum absolute atomic E-state index is 1.13. The molecule has 6 aromatic rings. The van der Waals surface area contributed by atoms with Gasteiger partial charge in [-0.3, -0.25) is 0 Å². The summed E-state index contributed by atoms with van der Waals surface area (Å²) in [4.78, 5) is 0. The Labute approximate surface area is 192 Å². The van der Waals surface area contributed by atoms with Crippen LogP contribution < -0.4 is 0 Å². The zero-order chi connectivity index (χ0) is 21.9. The molecule has 1 heteroatoms. The van der Waals surface area contributed by atoms with Crippen LogP contribution in [-0.4, -0.2) is 4.57 Å². The summed E-state index contributed by atoms with van der Waals surface area (Å²) in [6.45, 7) is 3.88. The van der Waals surface area contributed by atoms with Gasteiger partial charge in [-0.15, -0.1) is 0 Å². The van der Waals surface area contributed by atoms with Crippen LogP contribution in [0.1, 0.15) is 5.56 Å². The first kappa shape index (κ1) is 18.2. The molecule has 0 spiro atoms. The molecule has 0 bridgehead atoms. The van der Waals surface area contributed by atoms with Gasteiger partial charge in [0.2, 0.25) is 0 Å². The highest BCUT2D eigenvalue weighted by Crippen LogP contribution is 2.47. The Bertz CT molecular complexity index is 1710. The zero-order valence-electron chi connectivity index (χ0n) is 18.1. The van der Waals surface area contributed by atoms with E-state index in [0.717, 1.165) is 5.56 Å². The van der Waals surface area contributed by atoms with E-state index in [1.54, 1.807) is 0 Å². The third-order valence-electron chi connectivity index (χ3n) is 6.92. The molecule has 0 atom stereocenters. The van der Waals surface area contributed by atoms with Gasteiger partial charge < -0.3 is 4.57 Å². The maximum absolute atomic E-state index is 3.88. The van der Waals surface area contributed by atoms with Crippen LogP contribution in [0.2, 0.25) is 0 Å².